The molecule has 0 spiro atoms. The molecule has 1 aromatic heterocycles. The number of hydrogen-bond acceptors (Lipinski definition) is 4. The quantitative estimate of drug-likeness (QED) is 0.737. The largest absolute Gasteiger partial charge is 0.379 e. The summed E-state index contributed by atoms with van der Waals surface area (Å²) >= 11 is 1.95. The lowest BCUT2D eigenvalue weighted by Crippen LogP contribution is -2.35. The topological polar surface area (TPSA) is 15.7 Å². The molecule has 2 aromatic rings. The molecule has 2 fully saturated rings. The van der Waals surface area contributed by atoms with Crippen molar-refractivity contribution in [1.82, 2.24) is 9.80 Å². The summed E-state index contributed by atoms with van der Waals surface area (Å²) in [6, 6.07) is 13.9. The highest BCUT2D eigenvalue weighted by molar-refractivity contribution is 7.11. The van der Waals surface area contributed by atoms with Gasteiger partial charge in [-0.25, -0.2) is 0 Å². The van der Waals surface area contributed by atoms with E-state index in [1.54, 1.807) is 0 Å². The van der Waals surface area contributed by atoms with Crippen LogP contribution in [0.25, 0.3) is 0 Å². The van der Waals surface area contributed by atoms with E-state index in [1.165, 1.54) is 53.2 Å². The monoisotopic (exact) mass is 384 g/mol. The van der Waals surface area contributed by atoms with Gasteiger partial charge in [0.25, 0.3) is 0 Å². The van der Waals surface area contributed by atoms with Crippen LogP contribution in [0.3, 0.4) is 0 Å². The van der Waals surface area contributed by atoms with E-state index in [9.17, 15) is 0 Å². The molecule has 2 aliphatic rings. The zero-order valence-electron chi connectivity index (χ0n) is 16.5. The first kappa shape index (κ1) is 19.1. The lowest BCUT2D eigenvalue weighted by atomic mass is 9.90. The van der Waals surface area contributed by atoms with Crippen molar-refractivity contribution in [3.05, 3.63) is 57.3 Å². The number of benzene rings is 1. The van der Waals surface area contributed by atoms with Crippen LogP contribution in [0.4, 0.5) is 0 Å². The fourth-order valence-electron chi connectivity index (χ4n) is 4.27. The molecule has 0 aliphatic carbocycles. The molecule has 0 bridgehead atoms. The minimum Gasteiger partial charge on any atom is -0.379 e. The SMILES string of the molecule is Cc1ccc(CN2CCC(Cc3ccc(CN4CCOCC4)cc3)CC2)s1. The van der Waals surface area contributed by atoms with E-state index in [2.05, 4.69) is 53.1 Å². The van der Waals surface area contributed by atoms with Crippen molar-refractivity contribution in [2.75, 3.05) is 39.4 Å². The molecule has 0 saturated carbocycles. The van der Waals surface area contributed by atoms with Crippen molar-refractivity contribution in [2.45, 2.75) is 39.3 Å². The Bertz CT molecular complexity index is 697. The first-order valence-electron chi connectivity index (χ1n) is 10.4. The number of nitrogens with zero attached hydrogens (tertiary/aromatic N) is 2. The fourth-order valence-corrected chi connectivity index (χ4v) is 5.20. The van der Waals surface area contributed by atoms with E-state index in [4.69, 9.17) is 4.74 Å². The van der Waals surface area contributed by atoms with Gasteiger partial charge < -0.3 is 4.74 Å². The van der Waals surface area contributed by atoms with Crippen LogP contribution in [0.5, 0.6) is 0 Å². The second-order valence-corrected chi connectivity index (χ2v) is 9.51. The average Bonchev–Trinajstić information content (AvgIpc) is 3.10. The predicted molar refractivity (Wildman–Crippen MR) is 113 cm³/mol. The van der Waals surface area contributed by atoms with Gasteiger partial charge >= 0.3 is 0 Å². The van der Waals surface area contributed by atoms with Crippen LogP contribution < -0.4 is 0 Å². The molecule has 4 rings (SSSR count). The van der Waals surface area contributed by atoms with Gasteiger partial charge in [0, 0.05) is 35.9 Å². The number of ether oxygens (including phenoxy) is 1. The maximum absolute atomic E-state index is 5.44. The molecule has 3 heterocycles. The maximum atomic E-state index is 5.44. The van der Waals surface area contributed by atoms with Gasteiger partial charge in [-0.2, -0.15) is 0 Å². The molecule has 0 unspecified atom stereocenters. The number of hydrogen-bond donors (Lipinski definition) is 0. The summed E-state index contributed by atoms with van der Waals surface area (Å²) in [5.41, 5.74) is 2.94. The molecule has 0 radical (unpaired) electrons. The van der Waals surface area contributed by atoms with Gasteiger partial charge in [0.2, 0.25) is 0 Å². The number of likely N-dealkylation sites (tertiary alicyclic amines) is 1. The normalized spacial score (nSPS) is 20.2. The maximum Gasteiger partial charge on any atom is 0.0594 e. The van der Waals surface area contributed by atoms with Crippen LogP contribution in [0, 0.1) is 12.8 Å². The number of morpholine rings is 1. The van der Waals surface area contributed by atoms with Crippen LogP contribution in [-0.2, 0) is 24.2 Å². The predicted octanol–water partition coefficient (Wildman–Crippen LogP) is 4.34. The third kappa shape index (κ3) is 5.64. The third-order valence-corrected chi connectivity index (χ3v) is 6.93. The summed E-state index contributed by atoms with van der Waals surface area (Å²) in [7, 11) is 0. The lowest BCUT2D eigenvalue weighted by molar-refractivity contribution is 0.0342. The zero-order chi connectivity index (χ0) is 18.5. The van der Waals surface area contributed by atoms with Crippen molar-refractivity contribution in [1.29, 1.82) is 0 Å². The number of thiophene rings is 1. The van der Waals surface area contributed by atoms with E-state index in [-0.39, 0.29) is 0 Å². The molecular formula is C23H32N2OS. The summed E-state index contributed by atoms with van der Waals surface area (Å²) < 4.78 is 5.44. The molecule has 2 saturated heterocycles. The highest BCUT2D eigenvalue weighted by atomic mass is 32.1. The highest BCUT2D eigenvalue weighted by Crippen LogP contribution is 2.25. The van der Waals surface area contributed by atoms with E-state index >= 15 is 0 Å². The minimum absolute atomic E-state index is 0.844. The second-order valence-electron chi connectivity index (χ2n) is 8.14. The van der Waals surface area contributed by atoms with Crippen molar-refractivity contribution < 1.29 is 4.74 Å². The standard InChI is InChI=1S/C23H32N2OS/c1-19-2-7-23(27-19)18-24-10-8-21(9-11-24)16-20-3-5-22(6-4-20)17-25-12-14-26-15-13-25/h2-7,21H,8-18H2,1H3. The Balaban J connectivity index is 1.21. The minimum atomic E-state index is 0.844. The van der Waals surface area contributed by atoms with E-state index < -0.39 is 0 Å². The Morgan fingerprint density at radius 1 is 0.852 bits per heavy atom. The first-order valence-corrected chi connectivity index (χ1v) is 11.2. The Morgan fingerprint density at radius 2 is 1.52 bits per heavy atom. The van der Waals surface area contributed by atoms with Gasteiger partial charge in [0.15, 0.2) is 0 Å². The molecule has 1 aromatic carbocycles. The molecule has 0 atom stereocenters. The molecule has 0 N–H and O–H groups in total. The number of rotatable bonds is 6. The van der Waals surface area contributed by atoms with Gasteiger partial charge in [-0.3, -0.25) is 9.80 Å². The zero-order valence-corrected chi connectivity index (χ0v) is 17.3. The Kier molecular flexibility index (Phi) is 6.61. The Labute approximate surface area is 167 Å². The molecule has 4 heteroatoms. The van der Waals surface area contributed by atoms with Crippen molar-refractivity contribution in [3.63, 3.8) is 0 Å². The smallest absolute Gasteiger partial charge is 0.0594 e. The van der Waals surface area contributed by atoms with Crippen LogP contribution >= 0.6 is 11.3 Å². The van der Waals surface area contributed by atoms with E-state index in [1.807, 2.05) is 11.3 Å². The molecule has 2 aliphatic heterocycles. The van der Waals surface area contributed by atoms with Gasteiger partial charge in [-0.05, 0) is 68.5 Å². The lowest BCUT2D eigenvalue weighted by Gasteiger charge is -2.31. The average molecular weight is 385 g/mol. The summed E-state index contributed by atoms with van der Waals surface area (Å²) in [4.78, 5) is 8.06. The molecule has 27 heavy (non-hydrogen) atoms. The summed E-state index contributed by atoms with van der Waals surface area (Å²) in [5.74, 6) is 0.844. The van der Waals surface area contributed by atoms with E-state index in [0.29, 0.717) is 0 Å². The molecule has 3 nitrogen and oxygen atoms in total. The third-order valence-electron chi connectivity index (χ3n) is 5.94. The Hall–Kier alpha value is -1.20. The molecule has 146 valence electrons. The number of aryl methyl sites for hydroxylation is 1. The van der Waals surface area contributed by atoms with Gasteiger partial charge in [-0.15, -0.1) is 11.3 Å². The van der Waals surface area contributed by atoms with Crippen LogP contribution in [0.1, 0.15) is 33.7 Å². The van der Waals surface area contributed by atoms with E-state index in [0.717, 1.165) is 45.3 Å². The summed E-state index contributed by atoms with van der Waals surface area (Å²) in [6.45, 7) is 10.8. The molecular weight excluding hydrogens is 352 g/mol. The Morgan fingerprint density at radius 3 is 2.19 bits per heavy atom. The fraction of sp³-hybridized carbons (Fsp3) is 0.565. The van der Waals surface area contributed by atoms with Gasteiger partial charge in [0.05, 0.1) is 13.2 Å². The first-order chi connectivity index (χ1) is 13.2. The van der Waals surface area contributed by atoms with Crippen molar-refractivity contribution in [2.24, 2.45) is 5.92 Å². The van der Waals surface area contributed by atoms with Crippen LogP contribution in [-0.4, -0.2) is 49.2 Å². The summed E-state index contributed by atoms with van der Waals surface area (Å²) in [6.07, 6.45) is 3.91. The van der Waals surface area contributed by atoms with Gasteiger partial charge in [0.1, 0.15) is 0 Å². The van der Waals surface area contributed by atoms with Crippen molar-refractivity contribution in [3.8, 4) is 0 Å². The second kappa shape index (κ2) is 9.33. The molecule has 0 amide bonds. The number of piperidine rings is 1. The van der Waals surface area contributed by atoms with Gasteiger partial charge in [-0.1, -0.05) is 24.3 Å². The van der Waals surface area contributed by atoms with Crippen molar-refractivity contribution >= 4 is 11.3 Å². The highest BCUT2D eigenvalue weighted by Gasteiger charge is 2.20. The van der Waals surface area contributed by atoms with Crippen LogP contribution in [0.15, 0.2) is 36.4 Å². The van der Waals surface area contributed by atoms with Crippen LogP contribution in [0.2, 0.25) is 0 Å². The summed E-state index contributed by atoms with van der Waals surface area (Å²) in [5, 5.41) is 0.